The summed E-state index contributed by atoms with van der Waals surface area (Å²) in [7, 11) is -1.84. The molecule has 4 rings (SSSR count). The average molecular weight is 486 g/mol. The van der Waals surface area contributed by atoms with Gasteiger partial charge in [0.25, 0.3) is 0 Å². The number of hydrogen-bond donors (Lipinski definition) is 1. The van der Waals surface area contributed by atoms with Crippen LogP contribution in [-0.4, -0.2) is 58.6 Å². The molecule has 2 aromatic rings. The Morgan fingerprint density at radius 1 is 0.941 bits per heavy atom. The molecule has 1 saturated carbocycles. The van der Waals surface area contributed by atoms with Gasteiger partial charge in [-0.05, 0) is 61.2 Å². The van der Waals surface area contributed by atoms with Crippen molar-refractivity contribution in [1.82, 2.24) is 9.62 Å². The molecule has 0 spiro atoms. The molecule has 0 atom stereocenters. The molecule has 1 heterocycles. The largest absolute Gasteiger partial charge is 0.497 e. The van der Waals surface area contributed by atoms with E-state index < -0.39 is 10.0 Å². The summed E-state index contributed by atoms with van der Waals surface area (Å²) in [5.74, 6) is 0.980. The zero-order chi connectivity index (χ0) is 24.0. The molecule has 1 N–H and O–H groups in total. The van der Waals surface area contributed by atoms with E-state index in [0.717, 1.165) is 55.8 Å². The van der Waals surface area contributed by atoms with E-state index >= 15 is 0 Å². The molecule has 0 unspecified atom stereocenters. The zero-order valence-electron chi connectivity index (χ0n) is 19.9. The second kappa shape index (κ2) is 11.2. The van der Waals surface area contributed by atoms with Crippen LogP contribution >= 0.6 is 0 Å². The van der Waals surface area contributed by atoms with Crippen LogP contribution in [0.3, 0.4) is 0 Å². The molecular formula is C26H35N3O4S. The quantitative estimate of drug-likeness (QED) is 0.618. The minimum atomic E-state index is -3.49. The fourth-order valence-electron chi connectivity index (χ4n) is 4.76. The first-order valence-corrected chi connectivity index (χ1v) is 13.7. The lowest BCUT2D eigenvalue weighted by molar-refractivity contribution is -0.131. The standard InChI is InChI=1S/C26H35N3O4S/c1-33-24-12-10-23(11-13-24)28-17-19-29(20-18-28)26(30)16-9-21-7-14-25(15-8-21)34(31,32)27-22-5-3-2-4-6-22/h7-8,10-15,22,27H,2-6,9,16-20H2,1H3. The van der Waals surface area contributed by atoms with Gasteiger partial charge >= 0.3 is 0 Å². The summed E-state index contributed by atoms with van der Waals surface area (Å²) in [6, 6.07) is 15.0. The van der Waals surface area contributed by atoms with Crippen molar-refractivity contribution in [1.29, 1.82) is 0 Å². The third kappa shape index (κ3) is 6.30. The molecule has 1 saturated heterocycles. The first kappa shape index (κ1) is 24.5. The van der Waals surface area contributed by atoms with Crippen LogP contribution in [0.5, 0.6) is 5.75 Å². The first-order chi connectivity index (χ1) is 16.4. The molecule has 7 nitrogen and oxygen atoms in total. The molecular weight excluding hydrogens is 450 g/mol. The van der Waals surface area contributed by atoms with Crippen molar-refractivity contribution in [3.63, 3.8) is 0 Å². The lowest BCUT2D eigenvalue weighted by Gasteiger charge is -2.36. The molecule has 0 bridgehead atoms. The average Bonchev–Trinajstić information content (AvgIpc) is 2.88. The van der Waals surface area contributed by atoms with Crippen LogP contribution in [0.1, 0.15) is 44.1 Å². The Morgan fingerprint density at radius 2 is 1.59 bits per heavy atom. The molecule has 2 aromatic carbocycles. The molecule has 1 amide bonds. The van der Waals surface area contributed by atoms with Crippen LogP contribution in [0.25, 0.3) is 0 Å². The number of hydrogen-bond acceptors (Lipinski definition) is 5. The minimum Gasteiger partial charge on any atom is -0.497 e. The number of ether oxygens (including phenoxy) is 1. The number of anilines is 1. The Balaban J connectivity index is 1.24. The molecule has 2 aliphatic rings. The second-order valence-electron chi connectivity index (χ2n) is 9.17. The van der Waals surface area contributed by atoms with Crippen LogP contribution in [0.15, 0.2) is 53.4 Å². The highest BCUT2D eigenvalue weighted by atomic mass is 32.2. The zero-order valence-corrected chi connectivity index (χ0v) is 20.7. The molecule has 2 fully saturated rings. The highest BCUT2D eigenvalue weighted by molar-refractivity contribution is 7.89. The van der Waals surface area contributed by atoms with E-state index in [4.69, 9.17) is 4.74 Å². The van der Waals surface area contributed by atoms with Crippen LogP contribution in [-0.2, 0) is 21.2 Å². The highest BCUT2D eigenvalue weighted by Crippen LogP contribution is 2.22. The topological polar surface area (TPSA) is 79.0 Å². The number of amides is 1. The maximum atomic E-state index is 12.7. The first-order valence-electron chi connectivity index (χ1n) is 12.2. The van der Waals surface area contributed by atoms with Gasteiger partial charge in [0.05, 0.1) is 12.0 Å². The fraction of sp³-hybridized carbons (Fsp3) is 0.500. The van der Waals surface area contributed by atoms with E-state index in [-0.39, 0.29) is 11.9 Å². The normalized spacial score (nSPS) is 17.6. The third-order valence-corrected chi connectivity index (χ3v) is 8.39. The maximum absolute atomic E-state index is 12.7. The van der Waals surface area contributed by atoms with Gasteiger partial charge in [0.1, 0.15) is 5.75 Å². The van der Waals surface area contributed by atoms with Gasteiger partial charge in [-0.15, -0.1) is 0 Å². The van der Waals surface area contributed by atoms with Crippen molar-refractivity contribution < 1.29 is 17.9 Å². The smallest absolute Gasteiger partial charge is 0.240 e. The molecule has 34 heavy (non-hydrogen) atoms. The highest BCUT2D eigenvalue weighted by Gasteiger charge is 2.23. The number of carbonyl (C=O) groups is 1. The number of aryl methyl sites for hydroxylation is 1. The van der Waals surface area contributed by atoms with Crippen LogP contribution < -0.4 is 14.4 Å². The minimum absolute atomic E-state index is 0.0428. The maximum Gasteiger partial charge on any atom is 0.240 e. The predicted molar refractivity (Wildman–Crippen MR) is 134 cm³/mol. The summed E-state index contributed by atoms with van der Waals surface area (Å²) in [5.41, 5.74) is 2.11. The summed E-state index contributed by atoms with van der Waals surface area (Å²) in [4.78, 5) is 17.2. The van der Waals surface area contributed by atoms with E-state index in [1.807, 2.05) is 41.3 Å². The van der Waals surface area contributed by atoms with Gasteiger partial charge in [-0.2, -0.15) is 0 Å². The Hall–Kier alpha value is -2.58. The van der Waals surface area contributed by atoms with E-state index in [9.17, 15) is 13.2 Å². The van der Waals surface area contributed by atoms with Gasteiger partial charge in [-0.25, -0.2) is 13.1 Å². The van der Waals surface area contributed by atoms with Crippen LogP contribution in [0, 0.1) is 0 Å². The van der Waals surface area contributed by atoms with Crippen molar-refractivity contribution in [3.05, 3.63) is 54.1 Å². The van der Waals surface area contributed by atoms with Gasteiger partial charge in [-0.3, -0.25) is 4.79 Å². The summed E-state index contributed by atoms with van der Waals surface area (Å²) < 4.78 is 33.4. The summed E-state index contributed by atoms with van der Waals surface area (Å²) >= 11 is 0. The van der Waals surface area contributed by atoms with Crippen molar-refractivity contribution in [2.24, 2.45) is 0 Å². The van der Waals surface area contributed by atoms with E-state index in [0.29, 0.717) is 30.8 Å². The lowest BCUT2D eigenvalue weighted by Crippen LogP contribution is -2.48. The molecule has 1 aliphatic heterocycles. The number of methoxy groups -OCH3 is 1. The lowest BCUT2D eigenvalue weighted by atomic mass is 9.96. The predicted octanol–water partition coefficient (Wildman–Crippen LogP) is 3.59. The molecule has 0 radical (unpaired) electrons. The Bertz CT molecular complexity index is 1040. The Labute approximate surface area is 203 Å². The van der Waals surface area contributed by atoms with Gasteiger partial charge in [-0.1, -0.05) is 31.4 Å². The summed E-state index contributed by atoms with van der Waals surface area (Å²) in [6.45, 7) is 3.01. The van der Waals surface area contributed by atoms with Crippen molar-refractivity contribution in [2.45, 2.75) is 55.9 Å². The summed E-state index contributed by atoms with van der Waals surface area (Å²) in [5, 5.41) is 0. The van der Waals surface area contributed by atoms with Crippen molar-refractivity contribution >= 4 is 21.6 Å². The molecule has 0 aromatic heterocycles. The number of sulfonamides is 1. The third-order valence-electron chi connectivity index (χ3n) is 6.86. The van der Waals surface area contributed by atoms with Gasteiger partial charge in [0.2, 0.25) is 15.9 Å². The fourth-order valence-corrected chi connectivity index (χ4v) is 6.06. The summed E-state index contributed by atoms with van der Waals surface area (Å²) in [6.07, 6.45) is 6.20. The number of nitrogens with zero attached hydrogens (tertiary/aromatic N) is 2. The SMILES string of the molecule is COc1ccc(N2CCN(C(=O)CCc3ccc(S(=O)(=O)NC4CCCCC4)cc3)CC2)cc1. The number of piperazine rings is 1. The van der Waals surface area contributed by atoms with Gasteiger partial charge < -0.3 is 14.5 Å². The number of benzene rings is 2. The van der Waals surface area contributed by atoms with Gasteiger partial charge in [0, 0.05) is 44.3 Å². The van der Waals surface area contributed by atoms with Crippen molar-refractivity contribution in [2.75, 3.05) is 38.2 Å². The molecule has 184 valence electrons. The Kier molecular flexibility index (Phi) is 8.11. The van der Waals surface area contributed by atoms with Gasteiger partial charge in [0.15, 0.2) is 0 Å². The monoisotopic (exact) mass is 485 g/mol. The molecule has 8 heteroatoms. The number of nitrogens with one attached hydrogen (secondary N) is 1. The van der Waals surface area contributed by atoms with Crippen LogP contribution in [0.2, 0.25) is 0 Å². The Morgan fingerprint density at radius 3 is 2.21 bits per heavy atom. The van der Waals surface area contributed by atoms with E-state index in [2.05, 4.69) is 9.62 Å². The number of carbonyl (C=O) groups excluding carboxylic acids is 1. The number of rotatable bonds is 8. The van der Waals surface area contributed by atoms with Crippen molar-refractivity contribution in [3.8, 4) is 5.75 Å². The van der Waals surface area contributed by atoms with Crippen LogP contribution in [0.4, 0.5) is 5.69 Å². The van der Waals surface area contributed by atoms with E-state index in [1.54, 1.807) is 19.2 Å². The van der Waals surface area contributed by atoms with E-state index in [1.165, 1.54) is 6.42 Å². The molecule has 1 aliphatic carbocycles. The second-order valence-corrected chi connectivity index (χ2v) is 10.9.